The molecule has 102 valence electrons. The van der Waals surface area contributed by atoms with Gasteiger partial charge in [-0.1, -0.05) is 6.92 Å². The van der Waals surface area contributed by atoms with Crippen LogP contribution in [0.2, 0.25) is 0 Å². The maximum Gasteiger partial charge on any atom is 0.304 e. The number of carbonyl (C=O) groups is 1. The highest BCUT2D eigenvalue weighted by Crippen LogP contribution is 2.54. The lowest BCUT2D eigenvalue weighted by molar-refractivity contribution is -0.137. The molecule has 0 amide bonds. The first kappa shape index (κ1) is 12.3. The van der Waals surface area contributed by atoms with E-state index in [0.29, 0.717) is 13.2 Å². The monoisotopic (exact) mass is 262 g/mol. The van der Waals surface area contributed by atoms with Crippen LogP contribution in [0.1, 0.15) is 37.3 Å². The highest BCUT2D eigenvalue weighted by atomic mass is 16.6. The summed E-state index contributed by atoms with van der Waals surface area (Å²) in [5.41, 5.74) is 2.15. The molecular weight excluding hydrogens is 244 g/mol. The van der Waals surface area contributed by atoms with Gasteiger partial charge in [0.05, 0.1) is 6.42 Å². The Morgan fingerprint density at radius 1 is 1.26 bits per heavy atom. The molecule has 1 heterocycles. The van der Waals surface area contributed by atoms with Crippen LogP contribution in [0.25, 0.3) is 0 Å². The van der Waals surface area contributed by atoms with E-state index in [1.807, 2.05) is 12.1 Å². The summed E-state index contributed by atoms with van der Waals surface area (Å²) in [5.74, 6) is 0.822. The lowest BCUT2D eigenvalue weighted by Crippen LogP contribution is -2.19. The predicted molar refractivity (Wildman–Crippen MR) is 70.0 cm³/mol. The summed E-state index contributed by atoms with van der Waals surface area (Å²) in [5, 5.41) is 9.10. The van der Waals surface area contributed by atoms with Crippen molar-refractivity contribution in [3.8, 4) is 11.5 Å². The Morgan fingerprint density at radius 2 is 1.89 bits per heavy atom. The van der Waals surface area contributed by atoms with Crippen LogP contribution >= 0.6 is 0 Å². The van der Waals surface area contributed by atoms with E-state index >= 15 is 0 Å². The van der Waals surface area contributed by atoms with Crippen LogP contribution in [0.3, 0.4) is 0 Å². The van der Waals surface area contributed by atoms with Crippen LogP contribution in [0.5, 0.6) is 11.5 Å². The molecule has 1 aliphatic carbocycles. The Bertz CT molecular complexity index is 517. The molecule has 2 aliphatic rings. The van der Waals surface area contributed by atoms with Crippen molar-refractivity contribution in [3.63, 3.8) is 0 Å². The number of aryl methyl sites for hydroxylation is 1. The van der Waals surface area contributed by atoms with Crippen molar-refractivity contribution in [1.29, 1.82) is 0 Å². The van der Waals surface area contributed by atoms with Crippen LogP contribution in [-0.2, 0) is 16.6 Å². The van der Waals surface area contributed by atoms with Gasteiger partial charge in [0.2, 0.25) is 0 Å². The van der Waals surface area contributed by atoms with E-state index < -0.39 is 5.97 Å². The second kappa shape index (κ2) is 4.44. The number of ether oxygens (including phenoxy) is 2. The minimum atomic E-state index is -0.727. The minimum absolute atomic E-state index is 0.174. The molecular formula is C15H18O4. The van der Waals surface area contributed by atoms with Crippen LogP contribution in [-0.4, -0.2) is 24.3 Å². The molecule has 0 spiro atoms. The van der Waals surface area contributed by atoms with Gasteiger partial charge >= 0.3 is 5.97 Å². The molecule has 1 N–H and O–H groups in total. The molecule has 1 aromatic rings. The first-order chi connectivity index (χ1) is 9.14. The summed E-state index contributed by atoms with van der Waals surface area (Å²) in [4.78, 5) is 11.1. The van der Waals surface area contributed by atoms with Gasteiger partial charge in [-0.3, -0.25) is 4.79 Å². The molecule has 0 saturated heterocycles. The zero-order valence-electron chi connectivity index (χ0n) is 11.1. The van der Waals surface area contributed by atoms with Gasteiger partial charge in [0.15, 0.2) is 11.5 Å². The molecule has 4 nitrogen and oxygen atoms in total. The fraction of sp³-hybridized carbons (Fsp3) is 0.533. The van der Waals surface area contributed by atoms with E-state index in [4.69, 9.17) is 14.6 Å². The van der Waals surface area contributed by atoms with E-state index in [2.05, 4.69) is 6.92 Å². The zero-order chi connectivity index (χ0) is 13.5. The quantitative estimate of drug-likeness (QED) is 0.906. The fourth-order valence-corrected chi connectivity index (χ4v) is 2.90. The van der Waals surface area contributed by atoms with Crippen LogP contribution < -0.4 is 9.47 Å². The van der Waals surface area contributed by atoms with E-state index in [9.17, 15) is 4.79 Å². The standard InChI is InChI=1S/C15H18O4/c1-2-10-7-12-13(19-6-5-18-12)8-11(10)15(3-4-15)9-14(16)17/h7-8H,2-6,9H2,1H3,(H,16,17). The number of carboxylic acid groups (broad SMARTS) is 1. The van der Waals surface area contributed by atoms with E-state index in [0.717, 1.165) is 36.3 Å². The number of aliphatic carboxylic acids is 1. The Balaban J connectivity index is 2.02. The Kier molecular flexibility index (Phi) is 2.88. The Morgan fingerprint density at radius 3 is 2.42 bits per heavy atom. The number of hydrogen-bond acceptors (Lipinski definition) is 3. The average molecular weight is 262 g/mol. The molecule has 0 radical (unpaired) electrons. The summed E-state index contributed by atoms with van der Waals surface area (Å²) in [6.45, 7) is 3.23. The van der Waals surface area contributed by atoms with Gasteiger partial charge in [0, 0.05) is 5.41 Å². The third-order valence-corrected chi connectivity index (χ3v) is 4.06. The smallest absolute Gasteiger partial charge is 0.304 e. The average Bonchev–Trinajstić information content (AvgIpc) is 3.17. The van der Waals surface area contributed by atoms with Gasteiger partial charge in [0.1, 0.15) is 13.2 Å². The summed E-state index contributed by atoms with van der Waals surface area (Å²) >= 11 is 0. The van der Waals surface area contributed by atoms with Gasteiger partial charge in [-0.15, -0.1) is 0 Å². The molecule has 4 heteroatoms. The van der Waals surface area contributed by atoms with Crippen molar-refractivity contribution in [2.45, 2.75) is 38.0 Å². The lowest BCUT2D eigenvalue weighted by atomic mass is 9.87. The summed E-state index contributed by atoms with van der Waals surface area (Å²) in [7, 11) is 0. The number of carboxylic acids is 1. The van der Waals surface area contributed by atoms with Crippen LogP contribution in [0.4, 0.5) is 0 Å². The Hall–Kier alpha value is -1.71. The van der Waals surface area contributed by atoms with Gasteiger partial charge in [0.25, 0.3) is 0 Å². The third-order valence-electron chi connectivity index (χ3n) is 4.06. The fourth-order valence-electron chi connectivity index (χ4n) is 2.90. The van der Waals surface area contributed by atoms with Crippen LogP contribution in [0.15, 0.2) is 12.1 Å². The van der Waals surface area contributed by atoms with Crippen molar-refractivity contribution in [1.82, 2.24) is 0 Å². The number of hydrogen-bond donors (Lipinski definition) is 1. The number of fused-ring (bicyclic) bond motifs is 1. The minimum Gasteiger partial charge on any atom is -0.486 e. The van der Waals surface area contributed by atoms with Gasteiger partial charge in [-0.05, 0) is 42.5 Å². The van der Waals surface area contributed by atoms with Crippen molar-refractivity contribution in [2.24, 2.45) is 0 Å². The molecule has 1 aliphatic heterocycles. The summed E-state index contributed by atoms with van der Waals surface area (Å²) < 4.78 is 11.2. The van der Waals surface area contributed by atoms with E-state index in [1.165, 1.54) is 5.56 Å². The molecule has 19 heavy (non-hydrogen) atoms. The molecule has 0 unspecified atom stereocenters. The van der Waals surface area contributed by atoms with E-state index in [-0.39, 0.29) is 11.8 Å². The van der Waals surface area contributed by atoms with Gasteiger partial charge in [-0.25, -0.2) is 0 Å². The Labute approximate surface area is 112 Å². The SMILES string of the molecule is CCc1cc2c(cc1C1(CC(=O)O)CC1)OCCO2. The summed E-state index contributed by atoms with van der Waals surface area (Å²) in [6, 6.07) is 4.02. The zero-order valence-corrected chi connectivity index (χ0v) is 11.1. The number of rotatable bonds is 4. The topological polar surface area (TPSA) is 55.8 Å². The molecule has 0 atom stereocenters. The first-order valence-electron chi connectivity index (χ1n) is 6.79. The van der Waals surface area contributed by atoms with Crippen molar-refractivity contribution >= 4 is 5.97 Å². The van der Waals surface area contributed by atoms with Crippen molar-refractivity contribution in [3.05, 3.63) is 23.3 Å². The van der Waals surface area contributed by atoms with Crippen molar-refractivity contribution < 1.29 is 19.4 Å². The normalized spacial score (nSPS) is 19.0. The van der Waals surface area contributed by atoms with E-state index in [1.54, 1.807) is 0 Å². The largest absolute Gasteiger partial charge is 0.486 e. The van der Waals surface area contributed by atoms with Crippen LogP contribution in [0, 0.1) is 0 Å². The maximum atomic E-state index is 11.1. The number of benzene rings is 1. The molecule has 0 aromatic heterocycles. The predicted octanol–water partition coefficient (Wildman–Crippen LogP) is 2.53. The highest BCUT2D eigenvalue weighted by Gasteiger charge is 2.47. The third kappa shape index (κ3) is 2.15. The highest BCUT2D eigenvalue weighted by molar-refractivity contribution is 5.70. The van der Waals surface area contributed by atoms with Crippen molar-refractivity contribution in [2.75, 3.05) is 13.2 Å². The van der Waals surface area contributed by atoms with Gasteiger partial charge < -0.3 is 14.6 Å². The second-order valence-corrected chi connectivity index (χ2v) is 5.36. The molecule has 0 bridgehead atoms. The molecule has 3 rings (SSSR count). The van der Waals surface area contributed by atoms with Gasteiger partial charge in [-0.2, -0.15) is 0 Å². The lowest BCUT2D eigenvalue weighted by Gasteiger charge is -2.24. The molecule has 1 fully saturated rings. The maximum absolute atomic E-state index is 11.1. The summed E-state index contributed by atoms with van der Waals surface area (Å²) in [6.07, 6.45) is 2.99. The first-order valence-corrected chi connectivity index (χ1v) is 6.79. The molecule has 1 aromatic carbocycles. The second-order valence-electron chi connectivity index (χ2n) is 5.36. The molecule has 1 saturated carbocycles.